The van der Waals surface area contributed by atoms with Gasteiger partial charge in [0.2, 0.25) is 5.95 Å². The smallest absolute Gasteiger partial charge is 0.407 e. The van der Waals surface area contributed by atoms with Gasteiger partial charge in [0.15, 0.2) is 0 Å². The molecule has 0 bridgehead atoms. The molecule has 1 saturated heterocycles. The van der Waals surface area contributed by atoms with E-state index in [9.17, 15) is 4.79 Å². The van der Waals surface area contributed by atoms with Crippen molar-refractivity contribution < 1.29 is 14.3 Å². The Morgan fingerprint density at radius 1 is 1.23 bits per heavy atom. The van der Waals surface area contributed by atoms with Crippen molar-refractivity contribution in [2.75, 3.05) is 11.9 Å². The van der Waals surface area contributed by atoms with E-state index in [1.165, 1.54) is 0 Å². The van der Waals surface area contributed by atoms with Crippen LogP contribution in [-0.2, 0) is 9.47 Å². The van der Waals surface area contributed by atoms with Crippen LogP contribution in [0.2, 0.25) is 0 Å². The summed E-state index contributed by atoms with van der Waals surface area (Å²) in [7, 11) is 0. The minimum Gasteiger partial charge on any atom is -0.444 e. The van der Waals surface area contributed by atoms with E-state index in [0.717, 1.165) is 24.1 Å². The maximum absolute atomic E-state index is 11.9. The normalized spacial score (nSPS) is 23.3. The lowest BCUT2D eigenvalue weighted by atomic mass is 10.1. The highest BCUT2D eigenvalue weighted by Gasteiger charge is 2.40. The highest BCUT2D eigenvalue weighted by atomic mass is 16.6. The molecule has 136 valence electrons. The van der Waals surface area contributed by atoms with Gasteiger partial charge in [0.05, 0.1) is 12.7 Å². The molecule has 7 nitrogen and oxygen atoms in total. The van der Waals surface area contributed by atoms with E-state index in [0.29, 0.717) is 19.0 Å². The highest BCUT2D eigenvalue weighted by molar-refractivity contribution is 5.69. The lowest BCUT2D eigenvalue weighted by molar-refractivity contribution is 0.0683. The Morgan fingerprint density at radius 3 is 2.65 bits per heavy atom. The van der Waals surface area contributed by atoms with Crippen molar-refractivity contribution in [2.45, 2.75) is 43.9 Å². The number of amides is 1. The number of aromatic nitrogens is 2. The molecule has 0 unspecified atom stereocenters. The Hall–Kier alpha value is -2.67. The summed E-state index contributed by atoms with van der Waals surface area (Å²) in [5.74, 6) is 0.530. The lowest BCUT2D eigenvalue weighted by Gasteiger charge is -2.15. The zero-order valence-electron chi connectivity index (χ0n) is 14.6. The molecular weight excluding hydrogens is 332 g/mol. The number of para-hydroxylation sites is 1. The summed E-state index contributed by atoms with van der Waals surface area (Å²) in [5.41, 5.74) is 1.73. The summed E-state index contributed by atoms with van der Waals surface area (Å²) in [4.78, 5) is 20.6. The topological polar surface area (TPSA) is 85.4 Å². The number of hydrogen-bond donors (Lipinski definition) is 2. The summed E-state index contributed by atoms with van der Waals surface area (Å²) < 4.78 is 11.2. The molecule has 0 spiro atoms. The molecule has 2 heterocycles. The van der Waals surface area contributed by atoms with Crippen molar-refractivity contribution in [3.63, 3.8) is 0 Å². The van der Waals surface area contributed by atoms with Gasteiger partial charge in [-0.1, -0.05) is 18.2 Å². The fourth-order valence-corrected chi connectivity index (χ4v) is 2.87. The molecule has 2 aliphatic rings. The fraction of sp³-hybridized carbons (Fsp3) is 0.421. The molecule has 1 saturated carbocycles. The quantitative estimate of drug-likeness (QED) is 0.857. The van der Waals surface area contributed by atoms with Gasteiger partial charge in [-0.15, -0.1) is 0 Å². The monoisotopic (exact) mass is 354 g/mol. The first-order valence-corrected chi connectivity index (χ1v) is 8.84. The highest BCUT2D eigenvalue weighted by Crippen LogP contribution is 2.35. The second-order valence-electron chi connectivity index (χ2n) is 7.10. The van der Waals surface area contributed by atoms with Crippen molar-refractivity contribution in [1.29, 1.82) is 0 Å². The number of anilines is 2. The van der Waals surface area contributed by atoms with Crippen LogP contribution in [0.3, 0.4) is 0 Å². The largest absolute Gasteiger partial charge is 0.444 e. The molecule has 2 aromatic rings. The maximum atomic E-state index is 11.9. The first-order chi connectivity index (χ1) is 12.6. The third-order valence-corrected chi connectivity index (χ3v) is 4.71. The molecule has 2 fully saturated rings. The summed E-state index contributed by atoms with van der Waals surface area (Å²) in [6.45, 7) is 2.41. The number of alkyl carbamates (subject to hydrolysis) is 1. The number of benzene rings is 1. The van der Waals surface area contributed by atoms with Crippen LogP contribution in [0, 0.1) is 0 Å². The van der Waals surface area contributed by atoms with Crippen LogP contribution in [0.1, 0.15) is 37.9 Å². The molecule has 1 aliphatic carbocycles. The summed E-state index contributed by atoms with van der Waals surface area (Å²) in [6.07, 6.45) is 5.35. The van der Waals surface area contributed by atoms with Gasteiger partial charge in [-0.2, -0.15) is 0 Å². The predicted molar refractivity (Wildman–Crippen MR) is 96.1 cm³/mol. The first kappa shape index (κ1) is 16.8. The van der Waals surface area contributed by atoms with Gasteiger partial charge < -0.3 is 20.1 Å². The van der Waals surface area contributed by atoms with Crippen molar-refractivity contribution in [3.05, 3.63) is 48.3 Å². The summed E-state index contributed by atoms with van der Waals surface area (Å²) in [5, 5.41) is 6.04. The van der Waals surface area contributed by atoms with Gasteiger partial charge in [-0.05, 0) is 31.9 Å². The molecule has 1 aromatic heterocycles. The van der Waals surface area contributed by atoms with Crippen LogP contribution >= 0.6 is 0 Å². The minimum absolute atomic E-state index is 0.0780. The number of nitrogens with one attached hydrogen (secondary N) is 2. The zero-order chi connectivity index (χ0) is 18.0. The van der Waals surface area contributed by atoms with Crippen LogP contribution in [0.5, 0.6) is 0 Å². The molecular formula is C19H22N4O3. The van der Waals surface area contributed by atoms with Crippen LogP contribution in [0.15, 0.2) is 42.7 Å². The summed E-state index contributed by atoms with van der Waals surface area (Å²) in [6, 6.07) is 9.75. The molecule has 0 radical (unpaired) electrons. The number of carbonyl (C=O) groups excluding carboxylic acids is 1. The van der Waals surface area contributed by atoms with Crippen LogP contribution in [0.25, 0.3) is 0 Å². The number of carbonyl (C=O) groups is 1. The Kier molecular flexibility index (Phi) is 4.46. The van der Waals surface area contributed by atoms with E-state index in [4.69, 9.17) is 9.47 Å². The van der Waals surface area contributed by atoms with E-state index < -0.39 is 0 Å². The second-order valence-corrected chi connectivity index (χ2v) is 7.10. The van der Waals surface area contributed by atoms with Crippen molar-refractivity contribution >= 4 is 17.7 Å². The second kappa shape index (κ2) is 6.92. The van der Waals surface area contributed by atoms with Crippen molar-refractivity contribution in [3.8, 4) is 0 Å². The van der Waals surface area contributed by atoms with E-state index >= 15 is 0 Å². The van der Waals surface area contributed by atoms with Gasteiger partial charge in [-0.3, -0.25) is 0 Å². The minimum atomic E-state index is -0.363. The Balaban J connectivity index is 1.30. The lowest BCUT2D eigenvalue weighted by Crippen LogP contribution is -2.37. The number of hydrogen-bond acceptors (Lipinski definition) is 6. The standard InChI is InChI=1S/C19H22N4O3/c1-19(7-8-19)23-18(24)26-15-9-16(25-12-15)13-10-20-17(21-11-13)22-14-5-3-2-4-6-14/h2-6,10-11,15-16H,7-9,12H2,1H3,(H,23,24)(H,20,21,22)/t15-,16-/m1/s1. The van der Waals surface area contributed by atoms with E-state index in [2.05, 4.69) is 20.6 Å². The van der Waals surface area contributed by atoms with Gasteiger partial charge in [0.25, 0.3) is 0 Å². The van der Waals surface area contributed by atoms with Gasteiger partial charge in [0, 0.05) is 35.6 Å². The van der Waals surface area contributed by atoms with Crippen molar-refractivity contribution in [1.82, 2.24) is 15.3 Å². The SMILES string of the molecule is CC1(NC(=O)O[C@H]2CO[C@@H](c3cnc(Nc4ccccc4)nc3)C2)CC1. The van der Waals surface area contributed by atoms with Crippen LogP contribution in [-0.4, -0.2) is 34.3 Å². The average molecular weight is 354 g/mol. The maximum Gasteiger partial charge on any atom is 0.407 e. The molecule has 2 N–H and O–H groups in total. The molecule has 26 heavy (non-hydrogen) atoms. The molecule has 2 atom stereocenters. The Bertz CT molecular complexity index is 762. The van der Waals surface area contributed by atoms with E-state index in [1.807, 2.05) is 37.3 Å². The molecule has 7 heteroatoms. The average Bonchev–Trinajstić information content (AvgIpc) is 3.17. The van der Waals surface area contributed by atoms with Gasteiger partial charge in [-0.25, -0.2) is 14.8 Å². The molecule has 1 amide bonds. The summed E-state index contributed by atoms with van der Waals surface area (Å²) >= 11 is 0. The van der Waals surface area contributed by atoms with E-state index in [1.54, 1.807) is 12.4 Å². The number of nitrogens with zero attached hydrogens (tertiary/aromatic N) is 2. The van der Waals surface area contributed by atoms with Gasteiger partial charge >= 0.3 is 6.09 Å². The number of ether oxygens (including phenoxy) is 2. The third kappa shape index (κ3) is 4.11. The molecule has 1 aliphatic heterocycles. The number of rotatable bonds is 5. The van der Waals surface area contributed by atoms with Crippen LogP contribution < -0.4 is 10.6 Å². The van der Waals surface area contributed by atoms with Gasteiger partial charge in [0.1, 0.15) is 6.10 Å². The Morgan fingerprint density at radius 2 is 1.96 bits per heavy atom. The Labute approximate surface area is 152 Å². The fourth-order valence-electron chi connectivity index (χ4n) is 2.87. The molecule has 4 rings (SSSR count). The first-order valence-electron chi connectivity index (χ1n) is 8.84. The van der Waals surface area contributed by atoms with Crippen LogP contribution in [0.4, 0.5) is 16.4 Å². The van der Waals surface area contributed by atoms with E-state index in [-0.39, 0.29) is 23.8 Å². The predicted octanol–water partition coefficient (Wildman–Crippen LogP) is 3.33. The van der Waals surface area contributed by atoms with Crippen molar-refractivity contribution in [2.24, 2.45) is 0 Å². The molecule has 1 aromatic carbocycles. The zero-order valence-corrected chi connectivity index (χ0v) is 14.6. The third-order valence-electron chi connectivity index (χ3n) is 4.71.